The number of carbonyl (C=O) groups excluding carboxylic acids is 2. The second kappa shape index (κ2) is 6.13. The first kappa shape index (κ1) is 14.6. The fraction of sp³-hybridized carbons (Fsp3) is 0.133. The number of nitrogens with zero attached hydrogens (tertiary/aromatic N) is 1. The molecule has 0 aliphatic heterocycles. The number of hydrogen-bond acceptors (Lipinski definition) is 3. The normalized spacial score (nSPS) is 10.0. The lowest BCUT2D eigenvalue weighted by Crippen LogP contribution is -2.15. The van der Waals surface area contributed by atoms with Crippen LogP contribution in [0.1, 0.15) is 22.8 Å². The molecule has 2 rings (SSSR count). The Morgan fingerprint density at radius 2 is 1.90 bits per heavy atom. The molecule has 0 atom stereocenters. The highest BCUT2D eigenvalue weighted by molar-refractivity contribution is 6.05. The standard InChI is InChI=1S/C15H14FN3O2/c1-9-5-6-17-14(7-9)19-15(21)12-8-11(18-10(2)20)3-4-13(12)16/h3-8H,1-2H3,(H,18,20)(H,17,19,21). The third-order valence-electron chi connectivity index (χ3n) is 2.69. The van der Waals surface area contributed by atoms with Gasteiger partial charge in [0.05, 0.1) is 5.56 Å². The minimum atomic E-state index is -0.672. The third kappa shape index (κ3) is 3.85. The van der Waals surface area contributed by atoms with Crippen LogP contribution in [0.5, 0.6) is 0 Å². The maximum atomic E-state index is 13.7. The summed E-state index contributed by atoms with van der Waals surface area (Å²) in [7, 11) is 0. The summed E-state index contributed by atoms with van der Waals surface area (Å²) >= 11 is 0. The van der Waals surface area contributed by atoms with Crippen molar-refractivity contribution in [1.29, 1.82) is 0 Å². The van der Waals surface area contributed by atoms with Gasteiger partial charge in [0.2, 0.25) is 5.91 Å². The number of anilines is 2. The van der Waals surface area contributed by atoms with Crippen LogP contribution in [0.3, 0.4) is 0 Å². The molecule has 0 unspecified atom stereocenters. The van der Waals surface area contributed by atoms with E-state index in [1.165, 1.54) is 19.1 Å². The second-order valence-electron chi connectivity index (χ2n) is 4.55. The van der Waals surface area contributed by atoms with Crippen LogP contribution in [0.15, 0.2) is 36.5 Å². The van der Waals surface area contributed by atoms with Gasteiger partial charge in [-0.15, -0.1) is 0 Å². The first-order valence-corrected chi connectivity index (χ1v) is 6.27. The number of rotatable bonds is 3. The molecule has 1 heterocycles. The first-order chi connectivity index (χ1) is 9.95. The molecule has 2 aromatic rings. The highest BCUT2D eigenvalue weighted by Crippen LogP contribution is 2.16. The Hall–Kier alpha value is -2.76. The van der Waals surface area contributed by atoms with Crippen LogP contribution < -0.4 is 10.6 Å². The molecule has 0 saturated carbocycles. The number of amides is 2. The van der Waals surface area contributed by atoms with Gasteiger partial charge in [-0.1, -0.05) is 0 Å². The second-order valence-corrected chi connectivity index (χ2v) is 4.55. The van der Waals surface area contributed by atoms with E-state index >= 15 is 0 Å². The fourth-order valence-corrected chi connectivity index (χ4v) is 1.77. The SMILES string of the molecule is CC(=O)Nc1ccc(F)c(C(=O)Nc2cc(C)ccn2)c1. The van der Waals surface area contributed by atoms with Gasteiger partial charge in [0.15, 0.2) is 0 Å². The summed E-state index contributed by atoms with van der Waals surface area (Å²) in [6.07, 6.45) is 1.55. The average Bonchev–Trinajstić information content (AvgIpc) is 2.40. The highest BCUT2D eigenvalue weighted by Gasteiger charge is 2.13. The average molecular weight is 287 g/mol. The van der Waals surface area contributed by atoms with Crippen molar-refractivity contribution in [2.24, 2.45) is 0 Å². The van der Waals surface area contributed by atoms with Crippen LogP contribution in [0.2, 0.25) is 0 Å². The summed E-state index contributed by atoms with van der Waals surface area (Å²) in [6.45, 7) is 3.19. The van der Waals surface area contributed by atoms with Gasteiger partial charge in [-0.05, 0) is 42.8 Å². The number of hydrogen-bond donors (Lipinski definition) is 2. The van der Waals surface area contributed by atoms with Crippen LogP contribution in [0.4, 0.5) is 15.9 Å². The molecule has 1 aromatic carbocycles. The minimum Gasteiger partial charge on any atom is -0.326 e. The van der Waals surface area contributed by atoms with Crippen LogP contribution in [-0.4, -0.2) is 16.8 Å². The number of halogens is 1. The van der Waals surface area contributed by atoms with E-state index in [9.17, 15) is 14.0 Å². The molecule has 0 fully saturated rings. The largest absolute Gasteiger partial charge is 0.326 e. The lowest BCUT2D eigenvalue weighted by atomic mass is 10.1. The summed E-state index contributed by atoms with van der Waals surface area (Å²) in [6, 6.07) is 7.26. The van der Waals surface area contributed by atoms with E-state index in [1.54, 1.807) is 18.3 Å². The Labute approximate surface area is 121 Å². The molecule has 0 saturated heterocycles. The Balaban J connectivity index is 2.24. The van der Waals surface area contributed by atoms with E-state index in [0.29, 0.717) is 11.5 Å². The van der Waals surface area contributed by atoms with Crippen LogP contribution >= 0.6 is 0 Å². The van der Waals surface area contributed by atoms with E-state index in [1.807, 2.05) is 6.92 Å². The quantitative estimate of drug-likeness (QED) is 0.911. The molecule has 0 aliphatic rings. The van der Waals surface area contributed by atoms with E-state index in [0.717, 1.165) is 11.6 Å². The van der Waals surface area contributed by atoms with Crippen molar-refractivity contribution in [3.8, 4) is 0 Å². The van der Waals surface area contributed by atoms with Crippen LogP contribution in [0.25, 0.3) is 0 Å². The van der Waals surface area contributed by atoms with Crippen LogP contribution in [0, 0.1) is 12.7 Å². The molecule has 2 N–H and O–H groups in total. The van der Waals surface area contributed by atoms with Crippen molar-refractivity contribution in [1.82, 2.24) is 4.98 Å². The highest BCUT2D eigenvalue weighted by atomic mass is 19.1. The van der Waals surface area contributed by atoms with Gasteiger partial charge in [-0.3, -0.25) is 9.59 Å². The third-order valence-corrected chi connectivity index (χ3v) is 2.69. The lowest BCUT2D eigenvalue weighted by Gasteiger charge is -2.08. The van der Waals surface area contributed by atoms with E-state index in [4.69, 9.17) is 0 Å². The topological polar surface area (TPSA) is 71.1 Å². The van der Waals surface area contributed by atoms with Gasteiger partial charge in [-0.2, -0.15) is 0 Å². The Morgan fingerprint density at radius 3 is 2.57 bits per heavy atom. The summed E-state index contributed by atoms with van der Waals surface area (Å²) in [4.78, 5) is 27.1. The van der Waals surface area contributed by atoms with Crippen molar-refractivity contribution in [2.75, 3.05) is 10.6 Å². The predicted octanol–water partition coefficient (Wildman–Crippen LogP) is 2.74. The van der Waals surface area contributed by atoms with Gasteiger partial charge in [0.25, 0.3) is 5.91 Å². The van der Waals surface area contributed by atoms with E-state index < -0.39 is 11.7 Å². The molecule has 0 radical (unpaired) electrons. The van der Waals surface area contributed by atoms with Gasteiger partial charge >= 0.3 is 0 Å². The first-order valence-electron chi connectivity index (χ1n) is 6.27. The maximum Gasteiger partial charge on any atom is 0.259 e. The maximum absolute atomic E-state index is 13.7. The smallest absolute Gasteiger partial charge is 0.259 e. The number of carbonyl (C=O) groups is 2. The number of aryl methyl sites for hydroxylation is 1. The number of nitrogens with one attached hydrogen (secondary N) is 2. The molecule has 108 valence electrons. The Morgan fingerprint density at radius 1 is 1.14 bits per heavy atom. The molecular formula is C15H14FN3O2. The van der Waals surface area contributed by atoms with Crippen molar-refractivity contribution < 1.29 is 14.0 Å². The number of benzene rings is 1. The van der Waals surface area contributed by atoms with E-state index in [2.05, 4.69) is 15.6 Å². The summed E-state index contributed by atoms with van der Waals surface area (Å²) in [5.74, 6) is -1.26. The zero-order chi connectivity index (χ0) is 15.4. The number of pyridine rings is 1. The zero-order valence-corrected chi connectivity index (χ0v) is 11.6. The Kier molecular flexibility index (Phi) is 4.27. The number of aromatic nitrogens is 1. The molecule has 21 heavy (non-hydrogen) atoms. The molecule has 1 aromatic heterocycles. The summed E-state index contributed by atoms with van der Waals surface area (Å²) < 4.78 is 13.7. The fourth-order valence-electron chi connectivity index (χ4n) is 1.77. The Bertz CT molecular complexity index is 701. The molecule has 0 aliphatic carbocycles. The van der Waals surface area contributed by atoms with Crippen molar-refractivity contribution in [3.05, 3.63) is 53.5 Å². The molecular weight excluding hydrogens is 273 g/mol. The monoisotopic (exact) mass is 287 g/mol. The predicted molar refractivity (Wildman–Crippen MR) is 77.6 cm³/mol. The van der Waals surface area contributed by atoms with Crippen molar-refractivity contribution in [2.45, 2.75) is 13.8 Å². The van der Waals surface area contributed by atoms with Gasteiger partial charge < -0.3 is 10.6 Å². The van der Waals surface area contributed by atoms with Gasteiger partial charge in [0.1, 0.15) is 11.6 Å². The van der Waals surface area contributed by atoms with Gasteiger partial charge in [0, 0.05) is 18.8 Å². The summed E-state index contributed by atoms with van der Waals surface area (Å²) in [5.41, 5.74) is 1.11. The minimum absolute atomic E-state index is 0.162. The van der Waals surface area contributed by atoms with Crippen molar-refractivity contribution in [3.63, 3.8) is 0 Å². The van der Waals surface area contributed by atoms with E-state index in [-0.39, 0.29) is 11.5 Å². The summed E-state index contributed by atoms with van der Waals surface area (Å²) in [5, 5.41) is 5.02. The molecule has 0 bridgehead atoms. The van der Waals surface area contributed by atoms with Gasteiger partial charge in [-0.25, -0.2) is 9.37 Å². The van der Waals surface area contributed by atoms with Crippen molar-refractivity contribution >= 4 is 23.3 Å². The van der Waals surface area contributed by atoms with Crippen LogP contribution in [-0.2, 0) is 4.79 Å². The molecule has 2 amide bonds. The molecule has 0 spiro atoms. The zero-order valence-electron chi connectivity index (χ0n) is 11.6. The molecule has 6 heteroatoms. The molecule has 5 nitrogen and oxygen atoms in total. The lowest BCUT2D eigenvalue weighted by molar-refractivity contribution is -0.114.